The summed E-state index contributed by atoms with van der Waals surface area (Å²) in [6.07, 6.45) is 0. The molecular weight excluding hydrogens is 297 g/mol. The summed E-state index contributed by atoms with van der Waals surface area (Å²) in [7, 11) is 0.762. The second-order valence-electron chi connectivity index (χ2n) is 6.80. The summed E-state index contributed by atoms with van der Waals surface area (Å²) in [5.74, 6) is 0.264. The fraction of sp³-hybridized carbons (Fsp3) is 0.562. The standard InChI is InChI=1S/C16H22BNO5/c1-15(2)16(3,4)23-17(22-15)11-8-10(14(19)20-5)9-12-13(11)21-7-6-18-12/h8-9,18H,6-7H2,1-5H3. The number of carbonyl (C=O) groups excluding carboxylic acids is 1. The highest BCUT2D eigenvalue weighted by atomic mass is 16.7. The van der Waals surface area contributed by atoms with E-state index in [-0.39, 0.29) is 0 Å². The van der Waals surface area contributed by atoms with Gasteiger partial charge in [0.1, 0.15) is 12.4 Å². The van der Waals surface area contributed by atoms with Crippen molar-refractivity contribution in [2.24, 2.45) is 0 Å². The van der Waals surface area contributed by atoms with Crippen LogP contribution in [-0.4, -0.2) is 44.6 Å². The molecule has 2 aliphatic heterocycles. The molecular formula is C16H22BNO5. The van der Waals surface area contributed by atoms with E-state index in [4.69, 9.17) is 18.8 Å². The molecule has 0 radical (unpaired) electrons. The van der Waals surface area contributed by atoms with Crippen LogP contribution >= 0.6 is 0 Å². The molecule has 0 amide bonds. The van der Waals surface area contributed by atoms with Gasteiger partial charge in [-0.25, -0.2) is 4.79 Å². The van der Waals surface area contributed by atoms with Crippen LogP contribution in [0.25, 0.3) is 0 Å². The van der Waals surface area contributed by atoms with E-state index in [1.165, 1.54) is 7.11 Å². The molecule has 0 atom stereocenters. The lowest BCUT2D eigenvalue weighted by Gasteiger charge is -2.32. The summed E-state index contributed by atoms with van der Waals surface area (Å²) < 4.78 is 22.8. The van der Waals surface area contributed by atoms with E-state index in [0.29, 0.717) is 29.9 Å². The molecule has 2 aliphatic rings. The highest BCUT2D eigenvalue weighted by Gasteiger charge is 2.53. The molecule has 0 spiro atoms. The number of hydrogen-bond donors (Lipinski definition) is 1. The van der Waals surface area contributed by atoms with E-state index >= 15 is 0 Å². The van der Waals surface area contributed by atoms with Crippen molar-refractivity contribution in [2.45, 2.75) is 38.9 Å². The summed E-state index contributed by atoms with van der Waals surface area (Å²) in [5.41, 5.74) is 0.966. The van der Waals surface area contributed by atoms with Crippen LogP contribution in [0.5, 0.6) is 5.75 Å². The van der Waals surface area contributed by atoms with Crippen molar-refractivity contribution in [1.82, 2.24) is 0 Å². The Morgan fingerprint density at radius 2 is 1.87 bits per heavy atom. The van der Waals surface area contributed by atoms with Crippen molar-refractivity contribution in [2.75, 3.05) is 25.6 Å². The zero-order valence-electron chi connectivity index (χ0n) is 14.2. The maximum Gasteiger partial charge on any atom is 0.498 e. The van der Waals surface area contributed by atoms with Gasteiger partial charge >= 0.3 is 13.1 Å². The van der Waals surface area contributed by atoms with Crippen LogP contribution in [0.2, 0.25) is 0 Å². The van der Waals surface area contributed by atoms with Crippen molar-refractivity contribution in [3.8, 4) is 5.75 Å². The molecule has 0 unspecified atom stereocenters. The fourth-order valence-corrected chi connectivity index (χ4v) is 2.66. The van der Waals surface area contributed by atoms with Gasteiger partial charge in [0.05, 0.1) is 29.6 Å². The average molecular weight is 319 g/mol. The molecule has 1 aromatic carbocycles. The van der Waals surface area contributed by atoms with Crippen molar-refractivity contribution in [1.29, 1.82) is 0 Å². The molecule has 1 fully saturated rings. The average Bonchev–Trinajstić information content (AvgIpc) is 2.73. The third-order valence-electron chi connectivity index (χ3n) is 4.71. The summed E-state index contributed by atoms with van der Waals surface area (Å²) in [6.45, 7) is 9.19. The summed E-state index contributed by atoms with van der Waals surface area (Å²) in [5, 5.41) is 3.24. The van der Waals surface area contributed by atoms with Crippen LogP contribution in [0.4, 0.5) is 5.69 Å². The van der Waals surface area contributed by atoms with Gasteiger partial charge in [0, 0.05) is 12.0 Å². The van der Waals surface area contributed by atoms with Gasteiger partial charge in [-0.1, -0.05) is 0 Å². The van der Waals surface area contributed by atoms with Gasteiger partial charge in [-0.2, -0.15) is 0 Å². The van der Waals surface area contributed by atoms with Crippen molar-refractivity contribution in [3.63, 3.8) is 0 Å². The fourth-order valence-electron chi connectivity index (χ4n) is 2.66. The predicted octanol–water partition coefficient (Wildman–Crippen LogP) is 1.58. The van der Waals surface area contributed by atoms with E-state index in [0.717, 1.165) is 5.69 Å². The molecule has 2 heterocycles. The van der Waals surface area contributed by atoms with E-state index in [2.05, 4.69) is 5.32 Å². The molecule has 0 saturated carbocycles. The van der Waals surface area contributed by atoms with Gasteiger partial charge in [0.2, 0.25) is 0 Å². The van der Waals surface area contributed by atoms with E-state index in [1.807, 2.05) is 27.7 Å². The van der Waals surface area contributed by atoms with E-state index in [9.17, 15) is 4.79 Å². The number of ether oxygens (including phenoxy) is 2. The first-order chi connectivity index (χ1) is 10.7. The Morgan fingerprint density at radius 3 is 2.48 bits per heavy atom. The van der Waals surface area contributed by atoms with Gasteiger partial charge in [0.25, 0.3) is 0 Å². The first-order valence-electron chi connectivity index (χ1n) is 7.74. The second-order valence-corrected chi connectivity index (χ2v) is 6.80. The minimum atomic E-state index is -0.599. The lowest BCUT2D eigenvalue weighted by atomic mass is 9.77. The first-order valence-corrected chi connectivity index (χ1v) is 7.74. The smallest absolute Gasteiger partial charge is 0.490 e. The Kier molecular flexibility index (Phi) is 3.81. The molecule has 124 valence electrons. The van der Waals surface area contributed by atoms with Crippen LogP contribution in [0.15, 0.2) is 12.1 Å². The SMILES string of the molecule is COC(=O)c1cc2c(c(B3OC(C)(C)C(C)(C)O3)c1)OCCN2. The summed E-state index contributed by atoms with van der Waals surface area (Å²) in [6, 6.07) is 3.45. The highest BCUT2D eigenvalue weighted by molar-refractivity contribution is 6.63. The van der Waals surface area contributed by atoms with Crippen molar-refractivity contribution in [3.05, 3.63) is 17.7 Å². The minimum Gasteiger partial charge on any atom is -0.490 e. The van der Waals surface area contributed by atoms with Crippen molar-refractivity contribution < 1.29 is 23.6 Å². The number of anilines is 1. The van der Waals surface area contributed by atoms with Gasteiger partial charge in [-0.05, 0) is 39.8 Å². The molecule has 1 saturated heterocycles. The number of rotatable bonds is 2. The molecule has 23 heavy (non-hydrogen) atoms. The Balaban J connectivity index is 2.06. The van der Waals surface area contributed by atoms with Crippen LogP contribution < -0.4 is 15.5 Å². The second kappa shape index (κ2) is 5.42. The third-order valence-corrected chi connectivity index (χ3v) is 4.71. The third kappa shape index (κ3) is 2.68. The molecule has 0 aliphatic carbocycles. The van der Waals surface area contributed by atoms with Gasteiger partial charge in [0.15, 0.2) is 0 Å². The Morgan fingerprint density at radius 1 is 1.22 bits per heavy atom. The number of methoxy groups -OCH3 is 1. The lowest BCUT2D eigenvalue weighted by molar-refractivity contribution is 0.00578. The molecule has 3 rings (SSSR count). The van der Waals surface area contributed by atoms with E-state index < -0.39 is 24.3 Å². The molecule has 7 heteroatoms. The molecule has 6 nitrogen and oxygen atoms in total. The predicted molar refractivity (Wildman–Crippen MR) is 87.5 cm³/mol. The quantitative estimate of drug-likeness (QED) is 0.659. The largest absolute Gasteiger partial charge is 0.498 e. The minimum absolute atomic E-state index is 0.405. The van der Waals surface area contributed by atoms with Crippen LogP contribution in [0.3, 0.4) is 0 Å². The lowest BCUT2D eigenvalue weighted by Crippen LogP contribution is -2.41. The molecule has 1 aromatic rings. The van der Waals surface area contributed by atoms with Crippen LogP contribution in [-0.2, 0) is 14.0 Å². The maximum atomic E-state index is 11.9. The molecule has 1 N–H and O–H groups in total. The zero-order valence-corrected chi connectivity index (χ0v) is 14.2. The normalized spacial score (nSPS) is 21.2. The van der Waals surface area contributed by atoms with Crippen LogP contribution in [0.1, 0.15) is 38.1 Å². The summed E-state index contributed by atoms with van der Waals surface area (Å²) >= 11 is 0. The highest BCUT2D eigenvalue weighted by Crippen LogP contribution is 2.38. The number of fused-ring (bicyclic) bond motifs is 1. The number of esters is 1. The zero-order chi connectivity index (χ0) is 16.8. The monoisotopic (exact) mass is 319 g/mol. The number of nitrogens with one attached hydrogen (secondary N) is 1. The van der Waals surface area contributed by atoms with Crippen molar-refractivity contribution >= 4 is 24.2 Å². The Hall–Kier alpha value is -1.73. The molecule has 0 bridgehead atoms. The maximum absolute atomic E-state index is 11.9. The Bertz CT molecular complexity index is 628. The topological polar surface area (TPSA) is 66.0 Å². The van der Waals surface area contributed by atoms with Crippen LogP contribution in [0, 0.1) is 0 Å². The summed E-state index contributed by atoms with van der Waals surface area (Å²) in [4.78, 5) is 11.9. The first kappa shape index (κ1) is 16.1. The number of hydrogen-bond acceptors (Lipinski definition) is 6. The number of carbonyl (C=O) groups is 1. The van der Waals surface area contributed by atoms with Gasteiger partial charge in [-0.3, -0.25) is 0 Å². The van der Waals surface area contributed by atoms with E-state index in [1.54, 1.807) is 12.1 Å². The number of benzene rings is 1. The van der Waals surface area contributed by atoms with Gasteiger partial charge in [-0.15, -0.1) is 0 Å². The van der Waals surface area contributed by atoms with Gasteiger partial charge < -0.3 is 24.1 Å². The molecule has 0 aromatic heterocycles. The Labute approximate surface area is 136 Å².